The molecular formula is C7H11NO3. The lowest BCUT2D eigenvalue weighted by molar-refractivity contribution is -0.514. The molecule has 0 aromatic carbocycles. The average molecular weight is 157 g/mol. The number of esters is 1. The largest absolute Gasteiger partial charge is 0.623 e. The highest BCUT2D eigenvalue weighted by Crippen LogP contribution is 2.09. The Morgan fingerprint density at radius 3 is 2.64 bits per heavy atom. The zero-order chi connectivity index (χ0) is 8.59. The molecule has 0 unspecified atom stereocenters. The van der Waals surface area contributed by atoms with Gasteiger partial charge in [0.2, 0.25) is 0 Å². The molecule has 0 aliphatic carbocycles. The van der Waals surface area contributed by atoms with E-state index in [0.717, 1.165) is 0 Å². The molecule has 0 saturated carbocycles. The lowest BCUT2D eigenvalue weighted by atomic mass is 10.2. The number of carbonyl (C=O) groups excluding carboxylic acids is 1. The highest BCUT2D eigenvalue weighted by atomic mass is 16.6. The molecule has 11 heavy (non-hydrogen) atoms. The zero-order valence-corrected chi connectivity index (χ0v) is 6.83. The van der Waals surface area contributed by atoms with E-state index in [1.165, 1.54) is 6.92 Å². The van der Waals surface area contributed by atoms with Gasteiger partial charge in [-0.05, 0) is 6.92 Å². The number of hydroxylamine groups is 1. The van der Waals surface area contributed by atoms with Crippen molar-refractivity contribution in [3.63, 3.8) is 0 Å². The van der Waals surface area contributed by atoms with Crippen molar-refractivity contribution in [2.75, 3.05) is 0 Å². The van der Waals surface area contributed by atoms with Gasteiger partial charge in [-0.2, -0.15) is 4.74 Å². The molecule has 0 aromatic rings. The quantitative estimate of drug-likeness (QED) is 0.288. The van der Waals surface area contributed by atoms with Crippen LogP contribution in [0.5, 0.6) is 0 Å². The van der Waals surface area contributed by atoms with Gasteiger partial charge in [-0.15, -0.1) is 0 Å². The van der Waals surface area contributed by atoms with Crippen molar-refractivity contribution in [3.05, 3.63) is 5.21 Å². The molecule has 1 heterocycles. The summed E-state index contributed by atoms with van der Waals surface area (Å²) in [6.45, 7) is 4.91. The molecule has 4 heteroatoms. The van der Waals surface area contributed by atoms with Gasteiger partial charge in [0.1, 0.15) is 0 Å². The highest BCUT2D eigenvalue weighted by molar-refractivity contribution is 6.33. The summed E-state index contributed by atoms with van der Waals surface area (Å²) in [5, 5.41) is 11.1. The molecule has 0 fully saturated rings. The fourth-order valence-corrected chi connectivity index (χ4v) is 0.939. The fraction of sp³-hybridized carbons (Fsp3) is 0.714. The van der Waals surface area contributed by atoms with E-state index in [-0.39, 0.29) is 17.9 Å². The van der Waals surface area contributed by atoms with Crippen LogP contribution < -0.4 is 0 Å². The van der Waals surface area contributed by atoms with Gasteiger partial charge in [-0.25, -0.2) is 4.79 Å². The summed E-state index contributed by atoms with van der Waals surface area (Å²) in [6.07, 6.45) is -0.316. The van der Waals surface area contributed by atoms with Crippen LogP contribution in [-0.4, -0.2) is 28.6 Å². The van der Waals surface area contributed by atoms with Crippen molar-refractivity contribution in [1.82, 2.24) is 0 Å². The van der Waals surface area contributed by atoms with Gasteiger partial charge in [0.15, 0.2) is 12.1 Å². The van der Waals surface area contributed by atoms with Crippen molar-refractivity contribution in [2.24, 2.45) is 0 Å². The van der Waals surface area contributed by atoms with Crippen LogP contribution in [-0.2, 0) is 9.53 Å². The third-order valence-electron chi connectivity index (χ3n) is 1.97. The van der Waals surface area contributed by atoms with E-state index in [1.54, 1.807) is 13.8 Å². The predicted molar refractivity (Wildman–Crippen MR) is 39.3 cm³/mol. The molecule has 0 bridgehead atoms. The third-order valence-corrected chi connectivity index (χ3v) is 1.97. The maximum Gasteiger partial charge on any atom is 0.400 e. The maximum atomic E-state index is 11.1. The van der Waals surface area contributed by atoms with Crippen LogP contribution in [0, 0.1) is 5.21 Å². The molecule has 0 saturated heterocycles. The number of ether oxygens (including phenoxy) is 1. The van der Waals surface area contributed by atoms with Crippen LogP contribution in [0.1, 0.15) is 20.8 Å². The number of cyclic esters (lactones) is 1. The Kier molecular flexibility index (Phi) is 1.85. The van der Waals surface area contributed by atoms with Crippen LogP contribution >= 0.6 is 0 Å². The van der Waals surface area contributed by atoms with Gasteiger partial charge in [0, 0.05) is 13.8 Å². The van der Waals surface area contributed by atoms with Gasteiger partial charge in [0.05, 0.1) is 0 Å². The van der Waals surface area contributed by atoms with Gasteiger partial charge in [-0.3, -0.25) is 0 Å². The molecule has 4 nitrogen and oxygen atoms in total. The molecule has 1 aliphatic rings. The standard InChI is InChI=1S/C7H11NO3/c1-4-6(3)11-7(9)5(2)8(4)10/h4,6H,1-3H3/t4-,6-/m0/s1. The molecule has 0 amide bonds. The van der Waals surface area contributed by atoms with Crippen molar-refractivity contribution in [2.45, 2.75) is 32.9 Å². The van der Waals surface area contributed by atoms with E-state index >= 15 is 0 Å². The Labute approximate surface area is 65.1 Å². The van der Waals surface area contributed by atoms with Crippen molar-refractivity contribution < 1.29 is 14.3 Å². The Morgan fingerprint density at radius 2 is 2.09 bits per heavy atom. The molecule has 2 atom stereocenters. The first-order valence-corrected chi connectivity index (χ1v) is 3.55. The van der Waals surface area contributed by atoms with Crippen molar-refractivity contribution in [1.29, 1.82) is 0 Å². The summed E-state index contributed by atoms with van der Waals surface area (Å²) >= 11 is 0. The second-order valence-corrected chi connectivity index (χ2v) is 2.76. The summed E-state index contributed by atoms with van der Waals surface area (Å²) in [6, 6.07) is -0.271. The minimum atomic E-state index is -0.509. The smallest absolute Gasteiger partial charge is 0.400 e. The van der Waals surface area contributed by atoms with E-state index < -0.39 is 5.97 Å². The number of nitrogens with zero attached hydrogens (tertiary/aromatic N) is 1. The number of carbonyl (C=O) groups is 1. The van der Waals surface area contributed by atoms with Crippen LogP contribution in [0.2, 0.25) is 0 Å². The second-order valence-electron chi connectivity index (χ2n) is 2.76. The predicted octanol–water partition coefficient (Wildman–Crippen LogP) is 0.291. The Hall–Kier alpha value is -1.06. The summed E-state index contributed by atoms with van der Waals surface area (Å²) in [5.41, 5.74) is 0.135. The second kappa shape index (κ2) is 2.53. The average Bonchev–Trinajstić information content (AvgIpc) is 1.97. The Morgan fingerprint density at radius 1 is 1.55 bits per heavy atom. The first kappa shape index (κ1) is 8.04. The van der Waals surface area contributed by atoms with Crippen molar-refractivity contribution in [3.8, 4) is 0 Å². The molecule has 0 radical (unpaired) electrons. The lowest BCUT2D eigenvalue weighted by Gasteiger charge is -2.24. The van der Waals surface area contributed by atoms with Gasteiger partial charge in [-0.1, -0.05) is 0 Å². The summed E-state index contributed by atoms with van der Waals surface area (Å²) in [5.74, 6) is -0.509. The van der Waals surface area contributed by atoms with Gasteiger partial charge >= 0.3 is 5.97 Å². The van der Waals surface area contributed by atoms with E-state index in [1.807, 2.05) is 0 Å². The summed E-state index contributed by atoms with van der Waals surface area (Å²) in [4.78, 5) is 10.9. The van der Waals surface area contributed by atoms with Crippen LogP contribution in [0.15, 0.2) is 0 Å². The Balaban J connectivity index is 2.98. The number of hydrogen-bond donors (Lipinski definition) is 0. The summed E-state index contributed by atoms with van der Waals surface area (Å²) in [7, 11) is 0. The maximum absolute atomic E-state index is 11.1. The van der Waals surface area contributed by atoms with Gasteiger partial charge < -0.3 is 9.94 Å². The number of rotatable bonds is 0. The first-order valence-electron chi connectivity index (χ1n) is 3.55. The first-order chi connectivity index (χ1) is 5.04. The SMILES string of the molecule is CC1=[N+]([O-])[C@@H](C)[C@H](C)OC1=O. The molecule has 1 aliphatic heterocycles. The normalized spacial score (nSPS) is 32.1. The lowest BCUT2D eigenvalue weighted by Crippen LogP contribution is -2.44. The molecule has 0 spiro atoms. The van der Waals surface area contributed by atoms with Gasteiger partial charge in [0.25, 0.3) is 5.71 Å². The van der Waals surface area contributed by atoms with Crippen molar-refractivity contribution >= 4 is 11.7 Å². The van der Waals surface area contributed by atoms with Crippen LogP contribution in [0.3, 0.4) is 0 Å². The molecule has 1 rings (SSSR count). The molecule has 0 N–H and O–H groups in total. The monoisotopic (exact) mass is 157 g/mol. The highest BCUT2D eigenvalue weighted by Gasteiger charge is 2.33. The molecule has 62 valence electrons. The van der Waals surface area contributed by atoms with Crippen LogP contribution in [0.25, 0.3) is 0 Å². The van der Waals surface area contributed by atoms with E-state index in [0.29, 0.717) is 4.74 Å². The van der Waals surface area contributed by atoms with E-state index in [9.17, 15) is 10.0 Å². The number of hydrogen-bond acceptors (Lipinski definition) is 3. The fourth-order valence-electron chi connectivity index (χ4n) is 0.939. The van der Waals surface area contributed by atoms with E-state index in [4.69, 9.17) is 4.74 Å². The molecule has 0 aromatic heterocycles. The van der Waals surface area contributed by atoms with E-state index in [2.05, 4.69) is 0 Å². The summed E-state index contributed by atoms with van der Waals surface area (Å²) < 4.78 is 5.57. The topological polar surface area (TPSA) is 52.4 Å². The minimum absolute atomic E-state index is 0.135. The molecular weight excluding hydrogens is 146 g/mol. The van der Waals surface area contributed by atoms with Crippen LogP contribution in [0.4, 0.5) is 0 Å². The third kappa shape index (κ3) is 1.20. The minimum Gasteiger partial charge on any atom is -0.623 e. The zero-order valence-electron chi connectivity index (χ0n) is 6.83. The Bertz CT molecular complexity index is 222.